The molecule has 0 saturated carbocycles. The maximum absolute atomic E-state index is 11.2. The fourth-order valence-corrected chi connectivity index (χ4v) is 1.62. The van der Waals surface area contributed by atoms with Gasteiger partial charge in [-0.25, -0.2) is 0 Å². The Morgan fingerprint density at radius 3 is 2.41 bits per heavy atom. The van der Waals surface area contributed by atoms with Gasteiger partial charge in [-0.05, 0) is 25.0 Å². The molecule has 0 radical (unpaired) electrons. The molecule has 1 aromatic carbocycles. The Kier molecular flexibility index (Phi) is 4.52. The molecule has 0 aliphatic rings. The van der Waals surface area contributed by atoms with Gasteiger partial charge in [-0.1, -0.05) is 26.0 Å². The summed E-state index contributed by atoms with van der Waals surface area (Å²) in [5.41, 5.74) is 12.5. The second-order valence-electron chi connectivity index (χ2n) is 4.33. The van der Waals surface area contributed by atoms with Crippen LogP contribution in [0.5, 0.6) is 0 Å². The molecule has 0 aliphatic heterocycles. The first kappa shape index (κ1) is 13.5. The van der Waals surface area contributed by atoms with Crippen molar-refractivity contribution in [2.24, 2.45) is 11.5 Å². The van der Waals surface area contributed by atoms with Gasteiger partial charge in [-0.2, -0.15) is 0 Å². The Hall–Kier alpha value is -1.55. The Balaban J connectivity index is 2.79. The second-order valence-corrected chi connectivity index (χ2v) is 4.33. The van der Waals surface area contributed by atoms with Gasteiger partial charge in [0.05, 0.1) is 5.56 Å². The Morgan fingerprint density at radius 1 is 1.29 bits per heavy atom. The molecule has 0 aliphatic carbocycles. The van der Waals surface area contributed by atoms with E-state index in [0.717, 1.165) is 18.5 Å². The Morgan fingerprint density at radius 2 is 1.88 bits per heavy atom. The van der Waals surface area contributed by atoms with Crippen LogP contribution >= 0.6 is 0 Å². The summed E-state index contributed by atoms with van der Waals surface area (Å²) in [5, 5.41) is 3.21. The first-order valence-electron chi connectivity index (χ1n) is 5.94. The number of hydrogen-bond donors (Lipinski definition) is 3. The van der Waals surface area contributed by atoms with Gasteiger partial charge in [0.1, 0.15) is 0 Å². The van der Waals surface area contributed by atoms with Gasteiger partial charge in [0.2, 0.25) is 0 Å². The average molecular weight is 235 g/mol. The summed E-state index contributed by atoms with van der Waals surface area (Å²) < 4.78 is 0. The van der Waals surface area contributed by atoms with Crippen LogP contribution in [0.15, 0.2) is 24.3 Å². The molecule has 17 heavy (non-hydrogen) atoms. The summed E-state index contributed by atoms with van der Waals surface area (Å²) in [6.07, 6.45) is 1.77. The highest BCUT2D eigenvalue weighted by molar-refractivity contribution is 5.98. The molecule has 1 rings (SSSR count). The van der Waals surface area contributed by atoms with E-state index in [4.69, 9.17) is 11.5 Å². The van der Waals surface area contributed by atoms with Crippen LogP contribution in [0.2, 0.25) is 0 Å². The lowest BCUT2D eigenvalue weighted by Gasteiger charge is -2.27. The number of carbonyl (C=O) groups is 1. The standard InChI is InChI=1S/C13H21N3O/c1-3-13(15,4-2)9-16-11-8-6-5-7-10(11)12(14)17/h5-8,16H,3-4,9,15H2,1-2H3,(H2,14,17). The van der Waals surface area contributed by atoms with Gasteiger partial charge >= 0.3 is 0 Å². The minimum atomic E-state index is -0.427. The summed E-state index contributed by atoms with van der Waals surface area (Å²) >= 11 is 0. The average Bonchev–Trinajstić information content (AvgIpc) is 2.36. The summed E-state index contributed by atoms with van der Waals surface area (Å²) in [5.74, 6) is -0.427. The van der Waals surface area contributed by atoms with Crippen molar-refractivity contribution in [1.29, 1.82) is 0 Å². The van der Waals surface area contributed by atoms with E-state index in [1.165, 1.54) is 0 Å². The van der Waals surface area contributed by atoms with Crippen molar-refractivity contribution in [3.63, 3.8) is 0 Å². The molecule has 0 saturated heterocycles. The lowest BCUT2D eigenvalue weighted by molar-refractivity contribution is 0.100. The summed E-state index contributed by atoms with van der Waals surface area (Å²) in [6.45, 7) is 4.75. The Bertz CT molecular complexity index is 386. The number of nitrogens with one attached hydrogen (secondary N) is 1. The highest BCUT2D eigenvalue weighted by Gasteiger charge is 2.20. The topological polar surface area (TPSA) is 81.1 Å². The second kappa shape index (κ2) is 5.68. The predicted molar refractivity (Wildman–Crippen MR) is 71.0 cm³/mol. The van der Waals surface area contributed by atoms with Crippen LogP contribution < -0.4 is 16.8 Å². The monoisotopic (exact) mass is 235 g/mol. The number of nitrogens with two attached hydrogens (primary N) is 2. The van der Waals surface area contributed by atoms with E-state index in [1.807, 2.05) is 12.1 Å². The zero-order valence-electron chi connectivity index (χ0n) is 10.5. The van der Waals surface area contributed by atoms with Crippen LogP contribution in [-0.2, 0) is 0 Å². The van der Waals surface area contributed by atoms with Crippen LogP contribution in [0.25, 0.3) is 0 Å². The molecule has 5 N–H and O–H groups in total. The normalized spacial score (nSPS) is 11.2. The third kappa shape index (κ3) is 3.46. The molecule has 0 heterocycles. The van der Waals surface area contributed by atoms with Gasteiger partial charge in [-0.15, -0.1) is 0 Å². The van der Waals surface area contributed by atoms with Crippen molar-refractivity contribution in [3.05, 3.63) is 29.8 Å². The Labute approximate surface area is 102 Å². The van der Waals surface area contributed by atoms with Crippen molar-refractivity contribution in [1.82, 2.24) is 0 Å². The molecule has 94 valence electrons. The molecule has 0 bridgehead atoms. The fourth-order valence-electron chi connectivity index (χ4n) is 1.62. The summed E-state index contributed by atoms with van der Waals surface area (Å²) in [6, 6.07) is 7.21. The molecule has 0 aromatic heterocycles. The third-order valence-corrected chi connectivity index (χ3v) is 3.23. The molecular weight excluding hydrogens is 214 g/mol. The van der Waals surface area contributed by atoms with Crippen molar-refractivity contribution < 1.29 is 4.79 Å². The van der Waals surface area contributed by atoms with E-state index in [-0.39, 0.29) is 5.54 Å². The van der Waals surface area contributed by atoms with Crippen molar-refractivity contribution in [2.45, 2.75) is 32.2 Å². The van der Waals surface area contributed by atoms with E-state index < -0.39 is 5.91 Å². The summed E-state index contributed by atoms with van der Waals surface area (Å²) in [4.78, 5) is 11.2. The molecular formula is C13H21N3O. The van der Waals surface area contributed by atoms with Crippen LogP contribution in [0.1, 0.15) is 37.0 Å². The van der Waals surface area contributed by atoms with Crippen molar-refractivity contribution in [2.75, 3.05) is 11.9 Å². The summed E-state index contributed by atoms with van der Waals surface area (Å²) in [7, 11) is 0. The maximum Gasteiger partial charge on any atom is 0.250 e. The van der Waals surface area contributed by atoms with E-state index >= 15 is 0 Å². The molecule has 4 nitrogen and oxygen atoms in total. The largest absolute Gasteiger partial charge is 0.383 e. The number of amides is 1. The maximum atomic E-state index is 11.2. The molecule has 1 amide bonds. The minimum absolute atomic E-state index is 0.245. The third-order valence-electron chi connectivity index (χ3n) is 3.23. The number of anilines is 1. The zero-order chi connectivity index (χ0) is 12.9. The van der Waals surface area contributed by atoms with E-state index in [9.17, 15) is 4.79 Å². The van der Waals surface area contributed by atoms with Crippen molar-refractivity contribution >= 4 is 11.6 Å². The number of hydrogen-bond acceptors (Lipinski definition) is 3. The lowest BCUT2D eigenvalue weighted by Crippen LogP contribution is -2.45. The number of rotatable bonds is 6. The first-order valence-corrected chi connectivity index (χ1v) is 5.94. The van der Waals surface area contributed by atoms with Crippen molar-refractivity contribution in [3.8, 4) is 0 Å². The van der Waals surface area contributed by atoms with E-state index in [0.29, 0.717) is 12.1 Å². The molecule has 0 unspecified atom stereocenters. The van der Waals surface area contributed by atoms with Crippen LogP contribution in [0, 0.1) is 0 Å². The van der Waals surface area contributed by atoms with Gasteiger partial charge in [0, 0.05) is 17.8 Å². The number of primary amides is 1. The lowest BCUT2D eigenvalue weighted by atomic mass is 9.94. The quantitative estimate of drug-likeness (QED) is 0.702. The first-order chi connectivity index (χ1) is 8.02. The number of carbonyl (C=O) groups excluding carboxylic acids is 1. The molecule has 0 spiro atoms. The van der Waals surface area contributed by atoms with Gasteiger partial charge in [0.25, 0.3) is 5.91 Å². The van der Waals surface area contributed by atoms with Gasteiger partial charge in [0.15, 0.2) is 0 Å². The highest BCUT2D eigenvalue weighted by Crippen LogP contribution is 2.17. The predicted octanol–water partition coefficient (Wildman–Crippen LogP) is 1.71. The van der Waals surface area contributed by atoms with Gasteiger partial charge in [-0.3, -0.25) is 4.79 Å². The van der Waals surface area contributed by atoms with Crippen LogP contribution in [0.4, 0.5) is 5.69 Å². The minimum Gasteiger partial charge on any atom is -0.383 e. The highest BCUT2D eigenvalue weighted by atomic mass is 16.1. The number of benzene rings is 1. The van der Waals surface area contributed by atoms with Crippen LogP contribution in [0.3, 0.4) is 0 Å². The smallest absolute Gasteiger partial charge is 0.250 e. The molecule has 0 fully saturated rings. The molecule has 4 heteroatoms. The molecule has 0 atom stereocenters. The number of para-hydroxylation sites is 1. The van der Waals surface area contributed by atoms with Gasteiger partial charge < -0.3 is 16.8 Å². The SMILES string of the molecule is CCC(N)(CC)CNc1ccccc1C(N)=O. The van der Waals surface area contributed by atoms with E-state index in [2.05, 4.69) is 19.2 Å². The fraction of sp³-hybridized carbons (Fsp3) is 0.462. The van der Waals surface area contributed by atoms with Crippen LogP contribution in [-0.4, -0.2) is 18.0 Å². The van der Waals surface area contributed by atoms with E-state index in [1.54, 1.807) is 12.1 Å². The zero-order valence-corrected chi connectivity index (χ0v) is 10.5. The molecule has 1 aromatic rings.